The van der Waals surface area contributed by atoms with Crippen LogP contribution in [0.25, 0.3) is 0 Å². The summed E-state index contributed by atoms with van der Waals surface area (Å²) < 4.78 is 5.24. The summed E-state index contributed by atoms with van der Waals surface area (Å²) in [6.45, 7) is 4.25. The molecule has 1 saturated heterocycles. The fourth-order valence-electron chi connectivity index (χ4n) is 3.22. The zero-order valence-electron chi connectivity index (χ0n) is 14.2. The van der Waals surface area contributed by atoms with Crippen molar-refractivity contribution in [3.05, 3.63) is 29.8 Å². The van der Waals surface area contributed by atoms with Gasteiger partial charge in [-0.2, -0.15) is 0 Å². The highest BCUT2D eigenvalue weighted by Crippen LogP contribution is 2.34. The highest BCUT2D eigenvalue weighted by atomic mass is 32.1. The standard InChI is InChI=1S/C18H25N3O2S/c1-3-19-18(24)21-10-15(12-4-8-14(23-2)9-5-12)16(11-21)17(22)20-13-6-7-13/h4-5,8-9,13,15-16H,3,6-7,10-11H2,1-2H3,(H,19,24)(H,20,22)/t15-,16-/m0/s1. The Morgan fingerprint density at radius 2 is 2.00 bits per heavy atom. The first kappa shape index (κ1) is 17.0. The van der Waals surface area contributed by atoms with Gasteiger partial charge in [0.15, 0.2) is 5.11 Å². The Labute approximate surface area is 148 Å². The van der Waals surface area contributed by atoms with E-state index in [2.05, 4.69) is 27.7 Å². The molecule has 1 amide bonds. The van der Waals surface area contributed by atoms with Gasteiger partial charge in [-0.05, 0) is 49.7 Å². The van der Waals surface area contributed by atoms with Gasteiger partial charge in [-0.1, -0.05) is 12.1 Å². The van der Waals surface area contributed by atoms with Gasteiger partial charge in [-0.25, -0.2) is 0 Å². The summed E-state index contributed by atoms with van der Waals surface area (Å²) in [4.78, 5) is 14.8. The molecule has 0 spiro atoms. The first-order chi connectivity index (χ1) is 11.6. The van der Waals surface area contributed by atoms with E-state index in [-0.39, 0.29) is 17.7 Å². The molecule has 1 aliphatic carbocycles. The molecule has 1 heterocycles. The lowest BCUT2D eigenvalue weighted by Crippen LogP contribution is -2.40. The Morgan fingerprint density at radius 1 is 1.29 bits per heavy atom. The first-order valence-corrected chi connectivity index (χ1v) is 9.00. The number of benzene rings is 1. The molecular weight excluding hydrogens is 322 g/mol. The van der Waals surface area contributed by atoms with Gasteiger partial charge >= 0.3 is 0 Å². The number of nitrogens with zero attached hydrogens (tertiary/aromatic N) is 1. The van der Waals surface area contributed by atoms with Crippen LogP contribution in [0.2, 0.25) is 0 Å². The summed E-state index contributed by atoms with van der Waals surface area (Å²) in [5, 5.41) is 7.09. The Bertz CT molecular complexity index is 601. The van der Waals surface area contributed by atoms with Crippen LogP contribution in [0, 0.1) is 5.92 Å². The molecule has 2 atom stereocenters. The van der Waals surface area contributed by atoms with E-state index in [1.165, 1.54) is 0 Å². The van der Waals surface area contributed by atoms with Crippen molar-refractivity contribution >= 4 is 23.2 Å². The molecule has 0 radical (unpaired) electrons. The predicted octanol–water partition coefficient (Wildman–Crippen LogP) is 1.88. The summed E-state index contributed by atoms with van der Waals surface area (Å²) in [6.07, 6.45) is 2.20. The van der Waals surface area contributed by atoms with E-state index in [1.54, 1.807) is 7.11 Å². The van der Waals surface area contributed by atoms with E-state index in [0.29, 0.717) is 12.6 Å². The van der Waals surface area contributed by atoms with Gasteiger partial charge in [0.1, 0.15) is 5.75 Å². The number of nitrogens with one attached hydrogen (secondary N) is 2. The van der Waals surface area contributed by atoms with Crippen LogP contribution in [0.4, 0.5) is 0 Å². The molecule has 24 heavy (non-hydrogen) atoms. The molecule has 0 aromatic heterocycles. The molecule has 0 unspecified atom stereocenters. The van der Waals surface area contributed by atoms with Gasteiger partial charge in [0.25, 0.3) is 0 Å². The Balaban J connectivity index is 1.78. The Morgan fingerprint density at radius 3 is 2.58 bits per heavy atom. The van der Waals surface area contributed by atoms with Crippen molar-refractivity contribution in [1.29, 1.82) is 0 Å². The van der Waals surface area contributed by atoms with Crippen molar-refractivity contribution in [3.8, 4) is 5.75 Å². The van der Waals surface area contributed by atoms with E-state index in [1.807, 2.05) is 19.1 Å². The molecule has 0 bridgehead atoms. The van der Waals surface area contributed by atoms with E-state index in [9.17, 15) is 4.79 Å². The molecule has 1 saturated carbocycles. The first-order valence-electron chi connectivity index (χ1n) is 8.59. The van der Waals surface area contributed by atoms with Crippen LogP contribution in [0.15, 0.2) is 24.3 Å². The zero-order chi connectivity index (χ0) is 17.1. The summed E-state index contributed by atoms with van der Waals surface area (Å²) in [7, 11) is 1.66. The third kappa shape index (κ3) is 3.80. The number of carbonyl (C=O) groups excluding carboxylic acids is 1. The zero-order valence-corrected chi connectivity index (χ0v) is 15.1. The van der Waals surface area contributed by atoms with Crippen molar-refractivity contribution in [2.75, 3.05) is 26.7 Å². The molecule has 2 fully saturated rings. The quantitative estimate of drug-likeness (QED) is 0.797. The van der Waals surface area contributed by atoms with Gasteiger partial charge in [0, 0.05) is 31.6 Å². The lowest BCUT2D eigenvalue weighted by molar-refractivity contribution is -0.125. The van der Waals surface area contributed by atoms with Crippen molar-refractivity contribution in [2.24, 2.45) is 5.92 Å². The molecule has 5 nitrogen and oxygen atoms in total. The minimum Gasteiger partial charge on any atom is -0.497 e. The summed E-state index contributed by atoms with van der Waals surface area (Å²) in [6, 6.07) is 8.40. The Kier molecular flexibility index (Phi) is 5.23. The molecule has 1 aromatic carbocycles. The third-order valence-electron chi connectivity index (χ3n) is 4.74. The topological polar surface area (TPSA) is 53.6 Å². The number of methoxy groups -OCH3 is 1. The molecule has 6 heteroatoms. The largest absolute Gasteiger partial charge is 0.497 e. The minimum atomic E-state index is -0.0735. The van der Waals surface area contributed by atoms with Crippen LogP contribution < -0.4 is 15.4 Å². The van der Waals surface area contributed by atoms with Crippen LogP contribution in [-0.4, -0.2) is 48.7 Å². The van der Waals surface area contributed by atoms with Crippen LogP contribution in [0.1, 0.15) is 31.2 Å². The van der Waals surface area contributed by atoms with Crippen molar-refractivity contribution in [1.82, 2.24) is 15.5 Å². The second-order valence-electron chi connectivity index (χ2n) is 6.51. The van der Waals surface area contributed by atoms with Gasteiger partial charge in [0.05, 0.1) is 13.0 Å². The number of likely N-dealkylation sites (tertiary alicyclic amines) is 1. The van der Waals surface area contributed by atoms with Crippen LogP contribution in [0.5, 0.6) is 5.75 Å². The van der Waals surface area contributed by atoms with Crippen molar-refractivity contribution in [2.45, 2.75) is 31.7 Å². The summed E-state index contributed by atoms with van der Waals surface area (Å²) in [5.41, 5.74) is 1.16. The third-order valence-corrected chi connectivity index (χ3v) is 5.14. The van der Waals surface area contributed by atoms with Crippen LogP contribution in [-0.2, 0) is 4.79 Å². The van der Waals surface area contributed by atoms with Gasteiger partial charge in [-0.15, -0.1) is 0 Å². The monoisotopic (exact) mass is 347 g/mol. The summed E-state index contributed by atoms with van der Waals surface area (Å²) in [5.74, 6) is 1.05. The molecule has 1 aromatic rings. The lowest BCUT2D eigenvalue weighted by atomic mass is 9.88. The van der Waals surface area contributed by atoms with Gasteiger partial charge in [0.2, 0.25) is 5.91 Å². The van der Waals surface area contributed by atoms with Gasteiger partial charge < -0.3 is 20.3 Å². The van der Waals surface area contributed by atoms with E-state index < -0.39 is 0 Å². The number of ether oxygens (including phenoxy) is 1. The second kappa shape index (κ2) is 7.38. The average Bonchev–Trinajstić information content (AvgIpc) is 3.29. The maximum Gasteiger partial charge on any atom is 0.225 e. The number of thiocarbonyl (C=S) groups is 1. The smallest absolute Gasteiger partial charge is 0.225 e. The number of amides is 1. The normalized spacial score (nSPS) is 23.0. The molecule has 3 rings (SSSR count). The van der Waals surface area contributed by atoms with E-state index in [0.717, 1.165) is 42.4 Å². The number of carbonyl (C=O) groups is 1. The maximum atomic E-state index is 12.7. The number of hydrogen-bond acceptors (Lipinski definition) is 3. The molecule has 1 aliphatic heterocycles. The molecular formula is C18H25N3O2S. The lowest BCUT2D eigenvalue weighted by Gasteiger charge is -2.19. The molecule has 130 valence electrons. The van der Waals surface area contributed by atoms with E-state index in [4.69, 9.17) is 17.0 Å². The van der Waals surface area contributed by atoms with Crippen LogP contribution in [0.3, 0.4) is 0 Å². The fraction of sp³-hybridized carbons (Fsp3) is 0.556. The molecule has 2 aliphatic rings. The maximum absolute atomic E-state index is 12.7. The SMILES string of the molecule is CCNC(=S)N1C[C@H](C(=O)NC2CC2)[C@H](c2ccc(OC)cc2)C1. The van der Waals surface area contributed by atoms with Gasteiger partial charge in [-0.3, -0.25) is 4.79 Å². The second-order valence-corrected chi connectivity index (χ2v) is 6.90. The average molecular weight is 347 g/mol. The number of rotatable bonds is 5. The highest BCUT2D eigenvalue weighted by Gasteiger charge is 2.40. The Hall–Kier alpha value is -1.82. The van der Waals surface area contributed by atoms with E-state index >= 15 is 0 Å². The fourth-order valence-corrected chi connectivity index (χ4v) is 3.52. The minimum absolute atomic E-state index is 0.0735. The number of hydrogen-bond donors (Lipinski definition) is 2. The highest BCUT2D eigenvalue weighted by molar-refractivity contribution is 7.80. The predicted molar refractivity (Wildman–Crippen MR) is 98.2 cm³/mol. The summed E-state index contributed by atoms with van der Waals surface area (Å²) >= 11 is 5.46. The molecule has 2 N–H and O–H groups in total. The van der Waals surface area contributed by atoms with Crippen LogP contribution >= 0.6 is 12.2 Å². The van der Waals surface area contributed by atoms with Crippen molar-refractivity contribution in [3.63, 3.8) is 0 Å². The van der Waals surface area contributed by atoms with Crippen molar-refractivity contribution < 1.29 is 9.53 Å².